The highest BCUT2D eigenvalue weighted by Crippen LogP contribution is 1.94. The predicted octanol–water partition coefficient (Wildman–Crippen LogP) is -0.537. The number of aliphatic carboxylic acids is 1. The quantitative estimate of drug-likeness (QED) is 0.227. The highest BCUT2D eigenvalue weighted by molar-refractivity contribution is 5.73. The molecular weight excluding hydrogens is 165 g/mol. The van der Waals surface area contributed by atoms with Gasteiger partial charge < -0.3 is 16.6 Å². The highest BCUT2D eigenvalue weighted by atomic mass is 19.1. The normalized spacial score (nSPS) is 14.3. The van der Waals surface area contributed by atoms with E-state index in [-0.39, 0.29) is 13.0 Å². The van der Waals surface area contributed by atoms with E-state index in [0.29, 0.717) is 6.42 Å². The summed E-state index contributed by atoms with van der Waals surface area (Å²) in [6.45, 7) is 0.170. The summed E-state index contributed by atoms with van der Waals surface area (Å²) < 4.78 is 11.8. The molecule has 0 aromatic heterocycles. The average Bonchev–Trinajstić information content (AvgIpc) is 1.97. The number of hydrogen-bond acceptors (Lipinski definition) is 3. The van der Waals surface area contributed by atoms with E-state index in [1.54, 1.807) is 0 Å². The molecule has 70 valence electrons. The van der Waals surface area contributed by atoms with E-state index in [1.807, 2.05) is 0 Å². The standard InChI is InChI=1S/C6H12FN3O2/c7-6(9)10-3-1-2-4(8)5(11)12/h4H,1-3,8H2,(H2,9,10)(H,11,12). The number of halogens is 1. The largest absolute Gasteiger partial charge is 0.480 e. The van der Waals surface area contributed by atoms with Gasteiger partial charge in [-0.05, 0) is 12.8 Å². The van der Waals surface area contributed by atoms with Gasteiger partial charge in [0.15, 0.2) is 0 Å². The fourth-order valence-corrected chi connectivity index (χ4v) is 0.621. The molecule has 0 radical (unpaired) electrons. The van der Waals surface area contributed by atoms with Crippen molar-refractivity contribution in [1.82, 2.24) is 0 Å². The zero-order valence-corrected chi connectivity index (χ0v) is 6.53. The first-order valence-electron chi connectivity index (χ1n) is 3.48. The Kier molecular flexibility index (Phi) is 4.94. The van der Waals surface area contributed by atoms with Crippen LogP contribution in [0.5, 0.6) is 0 Å². The third kappa shape index (κ3) is 5.60. The molecule has 0 aliphatic carbocycles. The second kappa shape index (κ2) is 5.48. The van der Waals surface area contributed by atoms with Crippen LogP contribution in [0.1, 0.15) is 12.8 Å². The van der Waals surface area contributed by atoms with E-state index < -0.39 is 18.1 Å². The van der Waals surface area contributed by atoms with Gasteiger partial charge in [-0.3, -0.25) is 4.79 Å². The molecule has 12 heavy (non-hydrogen) atoms. The molecule has 0 saturated carbocycles. The Morgan fingerprint density at radius 3 is 2.67 bits per heavy atom. The van der Waals surface area contributed by atoms with Gasteiger partial charge in [0, 0.05) is 6.54 Å². The first-order chi connectivity index (χ1) is 5.54. The maximum absolute atomic E-state index is 11.8. The molecule has 5 N–H and O–H groups in total. The van der Waals surface area contributed by atoms with Gasteiger partial charge in [-0.15, -0.1) is 0 Å². The van der Waals surface area contributed by atoms with Crippen LogP contribution in [0.2, 0.25) is 0 Å². The number of nitrogens with two attached hydrogens (primary N) is 2. The van der Waals surface area contributed by atoms with E-state index >= 15 is 0 Å². The summed E-state index contributed by atoms with van der Waals surface area (Å²) in [4.78, 5) is 13.4. The van der Waals surface area contributed by atoms with Crippen LogP contribution in [0.4, 0.5) is 4.39 Å². The third-order valence-corrected chi connectivity index (χ3v) is 1.25. The number of amidine groups is 1. The monoisotopic (exact) mass is 177 g/mol. The van der Waals surface area contributed by atoms with Gasteiger partial charge in [-0.25, -0.2) is 4.99 Å². The predicted molar refractivity (Wildman–Crippen MR) is 42.4 cm³/mol. The molecule has 0 rings (SSSR count). The number of aliphatic imine (C=N–C) groups is 1. The van der Waals surface area contributed by atoms with Crippen LogP contribution in [0, 0.1) is 0 Å². The minimum Gasteiger partial charge on any atom is -0.480 e. The molecule has 0 aromatic carbocycles. The Balaban J connectivity index is 3.44. The number of nitrogens with zero attached hydrogens (tertiary/aromatic N) is 1. The molecule has 5 nitrogen and oxygen atoms in total. The average molecular weight is 177 g/mol. The fourth-order valence-electron chi connectivity index (χ4n) is 0.621. The fraction of sp³-hybridized carbons (Fsp3) is 0.667. The van der Waals surface area contributed by atoms with Gasteiger partial charge in [-0.1, -0.05) is 0 Å². The van der Waals surface area contributed by atoms with Gasteiger partial charge in [0.2, 0.25) is 0 Å². The summed E-state index contributed by atoms with van der Waals surface area (Å²) in [5, 5.41) is 8.33. The SMILES string of the molecule is NC(F)=NCCCC(N)C(=O)O. The lowest BCUT2D eigenvalue weighted by Crippen LogP contribution is -2.30. The van der Waals surface area contributed by atoms with Gasteiger partial charge in [0.05, 0.1) is 0 Å². The zero-order valence-electron chi connectivity index (χ0n) is 6.53. The molecule has 0 bridgehead atoms. The van der Waals surface area contributed by atoms with E-state index in [0.717, 1.165) is 0 Å². The summed E-state index contributed by atoms with van der Waals surface area (Å²) in [7, 11) is 0. The van der Waals surface area contributed by atoms with Gasteiger partial charge >= 0.3 is 5.97 Å². The number of carboxylic acid groups (broad SMARTS) is 1. The summed E-state index contributed by atoms with van der Waals surface area (Å²) in [6.07, 6.45) is -0.302. The van der Waals surface area contributed by atoms with Crippen LogP contribution in [0.25, 0.3) is 0 Å². The molecule has 0 saturated heterocycles. The second-order valence-electron chi connectivity index (χ2n) is 2.29. The maximum atomic E-state index is 11.8. The maximum Gasteiger partial charge on any atom is 0.320 e. The van der Waals surface area contributed by atoms with E-state index in [1.165, 1.54) is 0 Å². The van der Waals surface area contributed by atoms with Crippen LogP contribution >= 0.6 is 0 Å². The van der Waals surface area contributed by atoms with Crippen LogP contribution in [-0.2, 0) is 4.79 Å². The molecule has 0 amide bonds. The summed E-state index contributed by atoms with van der Waals surface area (Å²) >= 11 is 0. The number of carboxylic acids is 1. The van der Waals surface area contributed by atoms with Crippen LogP contribution in [0.15, 0.2) is 4.99 Å². The van der Waals surface area contributed by atoms with Crippen molar-refractivity contribution < 1.29 is 14.3 Å². The number of carbonyl (C=O) groups is 1. The first kappa shape index (κ1) is 10.8. The van der Waals surface area contributed by atoms with Crippen LogP contribution in [0.3, 0.4) is 0 Å². The lowest BCUT2D eigenvalue weighted by atomic mass is 10.2. The van der Waals surface area contributed by atoms with Crippen LogP contribution in [-0.4, -0.2) is 29.8 Å². The minimum absolute atomic E-state index is 0.170. The second-order valence-corrected chi connectivity index (χ2v) is 2.29. The Morgan fingerprint density at radius 1 is 1.67 bits per heavy atom. The molecule has 0 spiro atoms. The van der Waals surface area contributed by atoms with E-state index in [9.17, 15) is 9.18 Å². The lowest BCUT2D eigenvalue weighted by molar-refractivity contribution is -0.138. The molecule has 6 heteroatoms. The molecular formula is C6H12FN3O2. The number of hydrogen-bond donors (Lipinski definition) is 3. The Labute approximate surface area is 69.3 Å². The van der Waals surface area contributed by atoms with Crippen LogP contribution < -0.4 is 11.5 Å². The van der Waals surface area contributed by atoms with Gasteiger partial charge in [-0.2, -0.15) is 4.39 Å². The van der Waals surface area contributed by atoms with Crippen molar-refractivity contribution in [1.29, 1.82) is 0 Å². The third-order valence-electron chi connectivity index (χ3n) is 1.25. The highest BCUT2D eigenvalue weighted by Gasteiger charge is 2.09. The van der Waals surface area contributed by atoms with Gasteiger partial charge in [0.1, 0.15) is 6.04 Å². The minimum atomic E-state index is -1.06. The van der Waals surface area contributed by atoms with Crippen molar-refractivity contribution in [3.8, 4) is 0 Å². The van der Waals surface area contributed by atoms with Crippen molar-refractivity contribution in [3.63, 3.8) is 0 Å². The van der Waals surface area contributed by atoms with E-state index in [4.69, 9.17) is 10.8 Å². The van der Waals surface area contributed by atoms with Crippen molar-refractivity contribution in [2.75, 3.05) is 6.54 Å². The molecule has 1 unspecified atom stereocenters. The Hall–Kier alpha value is -1.17. The summed E-state index contributed by atoms with van der Waals surface area (Å²) in [5.41, 5.74) is 9.77. The lowest BCUT2D eigenvalue weighted by Gasteiger charge is -2.02. The smallest absolute Gasteiger partial charge is 0.320 e. The molecule has 0 aromatic rings. The zero-order chi connectivity index (χ0) is 9.56. The van der Waals surface area contributed by atoms with E-state index in [2.05, 4.69) is 10.7 Å². The summed E-state index contributed by atoms with van der Waals surface area (Å²) in [5.74, 6) is -1.06. The molecule has 0 aliphatic heterocycles. The molecule has 0 heterocycles. The van der Waals surface area contributed by atoms with Crippen molar-refractivity contribution in [2.24, 2.45) is 16.5 Å². The first-order valence-corrected chi connectivity index (χ1v) is 3.48. The molecule has 0 aliphatic rings. The van der Waals surface area contributed by atoms with Crippen molar-refractivity contribution in [3.05, 3.63) is 0 Å². The Bertz CT molecular complexity index is 180. The van der Waals surface area contributed by atoms with Gasteiger partial charge in [0.25, 0.3) is 6.09 Å². The topological polar surface area (TPSA) is 102 Å². The Morgan fingerprint density at radius 2 is 2.25 bits per heavy atom. The summed E-state index contributed by atoms with van der Waals surface area (Å²) in [6, 6.07) is -0.902. The number of rotatable bonds is 5. The van der Waals surface area contributed by atoms with Crippen molar-refractivity contribution >= 4 is 12.1 Å². The molecule has 0 fully saturated rings. The van der Waals surface area contributed by atoms with Crippen molar-refractivity contribution in [2.45, 2.75) is 18.9 Å². The molecule has 1 atom stereocenters.